The van der Waals surface area contributed by atoms with Crippen LogP contribution >= 0.6 is 11.3 Å². The maximum Gasteiger partial charge on any atom is 0.273 e. The Kier molecular flexibility index (Phi) is 3.43. The van der Waals surface area contributed by atoms with Crippen LogP contribution in [0.1, 0.15) is 11.3 Å². The van der Waals surface area contributed by atoms with Crippen molar-refractivity contribution in [3.05, 3.63) is 41.3 Å². The van der Waals surface area contributed by atoms with Crippen LogP contribution in [0.25, 0.3) is 0 Å². The van der Waals surface area contributed by atoms with Gasteiger partial charge in [0.2, 0.25) is 0 Å². The van der Waals surface area contributed by atoms with Crippen LogP contribution in [0.4, 0.5) is 11.4 Å². The molecule has 0 unspecified atom stereocenters. The normalized spacial score (nSPS) is 15.3. The molecule has 0 saturated heterocycles. The average Bonchev–Trinajstić information content (AvgIpc) is 2.75. The number of anilines is 2. The summed E-state index contributed by atoms with van der Waals surface area (Å²) in [5.41, 5.74) is 1.61. The lowest BCUT2D eigenvalue weighted by Crippen LogP contribution is -2.31. The first-order chi connectivity index (χ1) is 9.59. The molecule has 4 nitrogen and oxygen atoms in total. The van der Waals surface area contributed by atoms with E-state index in [-0.39, 0.29) is 0 Å². The Morgan fingerprint density at radius 2 is 2.00 bits per heavy atom. The monoisotopic (exact) mass is 308 g/mol. The van der Waals surface area contributed by atoms with Crippen molar-refractivity contribution >= 4 is 32.7 Å². The number of thiophene rings is 1. The predicted molar refractivity (Wildman–Crippen MR) is 83.1 cm³/mol. The summed E-state index contributed by atoms with van der Waals surface area (Å²) in [6.45, 7) is 3.21. The largest absolute Gasteiger partial charge is 0.383 e. The molecular weight excluding hydrogens is 292 g/mol. The Balaban J connectivity index is 2.09. The number of hydrogen-bond acceptors (Lipinski definition) is 4. The summed E-state index contributed by atoms with van der Waals surface area (Å²) in [6, 6.07) is 11.1. The summed E-state index contributed by atoms with van der Waals surface area (Å²) in [5.74, 6) is 0. The Labute approximate surface area is 123 Å². The molecule has 2 aromatic rings. The van der Waals surface area contributed by atoms with Gasteiger partial charge >= 0.3 is 0 Å². The van der Waals surface area contributed by atoms with Gasteiger partial charge in [-0.05, 0) is 37.6 Å². The topological polar surface area (TPSA) is 49.4 Å². The summed E-state index contributed by atoms with van der Waals surface area (Å²) in [6.07, 6.45) is 0.790. The van der Waals surface area contributed by atoms with Crippen LogP contribution in [-0.4, -0.2) is 21.5 Å². The van der Waals surface area contributed by atoms with Crippen LogP contribution in [-0.2, 0) is 10.0 Å². The minimum absolute atomic E-state index is 0.409. The molecule has 1 aliphatic rings. The molecule has 0 saturated carbocycles. The van der Waals surface area contributed by atoms with Gasteiger partial charge in [0.05, 0.1) is 11.4 Å². The Morgan fingerprint density at radius 3 is 2.75 bits per heavy atom. The fourth-order valence-electron chi connectivity index (χ4n) is 2.32. The molecule has 20 heavy (non-hydrogen) atoms. The van der Waals surface area contributed by atoms with E-state index in [1.54, 1.807) is 6.07 Å². The quantitative estimate of drug-likeness (QED) is 0.927. The lowest BCUT2D eigenvalue weighted by atomic mass is 10.2. The molecule has 1 N–H and O–H groups in total. The smallest absolute Gasteiger partial charge is 0.273 e. The highest BCUT2D eigenvalue weighted by molar-refractivity contribution is 7.94. The number of nitrogens with zero attached hydrogens (tertiary/aromatic N) is 1. The second-order valence-electron chi connectivity index (χ2n) is 4.74. The number of rotatable bonds is 2. The summed E-state index contributed by atoms with van der Waals surface area (Å²) >= 11 is 1.32. The zero-order valence-electron chi connectivity index (χ0n) is 11.2. The molecule has 1 aromatic heterocycles. The SMILES string of the molecule is Cc1ccc(S(=O)(=O)N2CCCNc3ccccc32)s1. The van der Waals surface area contributed by atoms with Gasteiger partial charge in [0, 0.05) is 18.0 Å². The van der Waals surface area contributed by atoms with E-state index in [1.807, 2.05) is 37.3 Å². The third kappa shape index (κ3) is 2.29. The molecule has 0 aliphatic carbocycles. The molecule has 3 rings (SSSR count). The first-order valence-corrected chi connectivity index (χ1v) is 8.77. The molecule has 0 atom stereocenters. The molecule has 0 spiro atoms. The van der Waals surface area contributed by atoms with Gasteiger partial charge in [0.1, 0.15) is 4.21 Å². The van der Waals surface area contributed by atoms with Gasteiger partial charge in [-0.25, -0.2) is 8.42 Å². The Hall–Kier alpha value is -1.53. The van der Waals surface area contributed by atoms with E-state index in [4.69, 9.17) is 0 Å². The maximum absolute atomic E-state index is 12.8. The highest BCUT2D eigenvalue weighted by Gasteiger charge is 2.28. The van der Waals surface area contributed by atoms with Crippen molar-refractivity contribution in [1.29, 1.82) is 0 Å². The number of sulfonamides is 1. The molecule has 2 heterocycles. The fourth-order valence-corrected chi connectivity index (χ4v) is 5.24. The minimum Gasteiger partial charge on any atom is -0.383 e. The minimum atomic E-state index is -3.47. The molecular formula is C14H16N2O2S2. The summed E-state index contributed by atoms with van der Waals surface area (Å²) in [4.78, 5) is 1.00. The highest BCUT2D eigenvalue weighted by atomic mass is 32.2. The third-order valence-corrected chi connectivity index (χ3v) is 6.57. The summed E-state index contributed by atoms with van der Waals surface area (Å²) in [7, 11) is -3.47. The van der Waals surface area contributed by atoms with Gasteiger partial charge in [-0.1, -0.05) is 12.1 Å². The number of para-hydroxylation sites is 2. The van der Waals surface area contributed by atoms with Crippen LogP contribution in [0.5, 0.6) is 0 Å². The molecule has 0 fully saturated rings. The first kappa shape index (κ1) is 13.5. The van der Waals surface area contributed by atoms with Gasteiger partial charge in [0.25, 0.3) is 10.0 Å². The highest BCUT2D eigenvalue weighted by Crippen LogP contribution is 2.34. The van der Waals surface area contributed by atoms with Crippen molar-refractivity contribution in [3.8, 4) is 0 Å². The zero-order chi connectivity index (χ0) is 14.2. The number of benzene rings is 1. The van der Waals surface area contributed by atoms with Gasteiger partial charge < -0.3 is 5.32 Å². The predicted octanol–water partition coefficient (Wildman–Crippen LogP) is 3.07. The summed E-state index contributed by atoms with van der Waals surface area (Å²) in [5, 5.41) is 3.28. The van der Waals surface area contributed by atoms with E-state index in [1.165, 1.54) is 15.6 Å². The van der Waals surface area contributed by atoms with Crippen LogP contribution < -0.4 is 9.62 Å². The standard InChI is InChI=1S/C14H16N2O2S2/c1-11-7-8-14(19-11)20(17,18)16-10-4-9-15-12-5-2-3-6-13(12)16/h2-3,5-8,15H,4,9-10H2,1H3. The number of aryl methyl sites for hydroxylation is 1. The van der Waals surface area contributed by atoms with E-state index in [0.717, 1.165) is 29.2 Å². The third-order valence-electron chi connectivity index (χ3n) is 3.29. The molecule has 6 heteroatoms. The fraction of sp³-hybridized carbons (Fsp3) is 0.286. The van der Waals surface area contributed by atoms with Crippen molar-refractivity contribution in [1.82, 2.24) is 0 Å². The Morgan fingerprint density at radius 1 is 1.20 bits per heavy atom. The van der Waals surface area contributed by atoms with Crippen molar-refractivity contribution in [2.24, 2.45) is 0 Å². The van der Waals surface area contributed by atoms with Gasteiger partial charge in [-0.2, -0.15) is 0 Å². The van der Waals surface area contributed by atoms with Crippen molar-refractivity contribution < 1.29 is 8.42 Å². The average molecular weight is 308 g/mol. The molecule has 106 valence electrons. The van der Waals surface area contributed by atoms with Crippen molar-refractivity contribution in [2.45, 2.75) is 17.6 Å². The lowest BCUT2D eigenvalue weighted by Gasteiger charge is -2.23. The summed E-state index contributed by atoms with van der Waals surface area (Å²) < 4.78 is 27.6. The van der Waals surface area contributed by atoms with E-state index in [2.05, 4.69) is 5.32 Å². The van der Waals surface area contributed by atoms with Crippen molar-refractivity contribution in [3.63, 3.8) is 0 Å². The van der Waals surface area contributed by atoms with E-state index in [0.29, 0.717) is 10.8 Å². The zero-order valence-corrected chi connectivity index (χ0v) is 12.8. The number of fused-ring (bicyclic) bond motifs is 1. The number of nitrogens with one attached hydrogen (secondary N) is 1. The van der Waals surface area contributed by atoms with Crippen LogP contribution in [0.2, 0.25) is 0 Å². The van der Waals surface area contributed by atoms with Crippen LogP contribution in [0.15, 0.2) is 40.6 Å². The van der Waals surface area contributed by atoms with Crippen molar-refractivity contribution in [2.75, 3.05) is 22.7 Å². The second-order valence-corrected chi connectivity index (χ2v) is 8.12. The van der Waals surface area contributed by atoms with Gasteiger partial charge in [-0.3, -0.25) is 4.31 Å². The van der Waals surface area contributed by atoms with Gasteiger partial charge in [-0.15, -0.1) is 11.3 Å². The van der Waals surface area contributed by atoms with E-state index in [9.17, 15) is 8.42 Å². The first-order valence-electron chi connectivity index (χ1n) is 6.51. The van der Waals surface area contributed by atoms with E-state index >= 15 is 0 Å². The molecule has 0 amide bonds. The molecule has 0 bridgehead atoms. The van der Waals surface area contributed by atoms with Crippen LogP contribution in [0, 0.1) is 6.92 Å². The maximum atomic E-state index is 12.8. The number of hydrogen-bond donors (Lipinski definition) is 1. The Bertz CT molecular complexity index is 722. The molecule has 0 radical (unpaired) electrons. The lowest BCUT2D eigenvalue weighted by molar-refractivity contribution is 0.592. The van der Waals surface area contributed by atoms with Gasteiger partial charge in [0.15, 0.2) is 0 Å². The molecule has 1 aliphatic heterocycles. The van der Waals surface area contributed by atoms with E-state index < -0.39 is 10.0 Å². The van der Waals surface area contributed by atoms with Crippen LogP contribution in [0.3, 0.4) is 0 Å². The second kappa shape index (κ2) is 5.10. The molecule has 1 aromatic carbocycles.